The normalized spacial score (nSPS) is 20.1. The molecule has 0 spiro atoms. The van der Waals surface area contributed by atoms with Crippen molar-refractivity contribution in [2.75, 3.05) is 13.1 Å². The molecule has 1 atom stereocenters. The SMILES string of the molecule is Cc1cccc([N+](=O)[O-])c1S(=O)(=O)N1CCCC(C=O)C1. The second kappa shape index (κ2) is 5.90. The van der Waals surface area contributed by atoms with Crippen LogP contribution in [0.25, 0.3) is 0 Å². The molecule has 1 aliphatic rings. The Kier molecular flexibility index (Phi) is 4.38. The Labute approximate surface area is 122 Å². The van der Waals surface area contributed by atoms with Crippen LogP contribution in [0.2, 0.25) is 0 Å². The van der Waals surface area contributed by atoms with E-state index in [9.17, 15) is 23.3 Å². The summed E-state index contributed by atoms with van der Waals surface area (Å²) < 4.78 is 26.6. The van der Waals surface area contributed by atoms with E-state index in [-0.39, 0.29) is 23.9 Å². The predicted molar refractivity (Wildman–Crippen MR) is 75.4 cm³/mol. The summed E-state index contributed by atoms with van der Waals surface area (Å²) in [6.07, 6.45) is 1.96. The van der Waals surface area contributed by atoms with Gasteiger partial charge in [0.2, 0.25) is 10.0 Å². The fraction of sp³-hybridized carbons (Fsp3) is 0.462. The smallest absolute Gasteiger partial charge is 0.289 e. The van der Waals surface area contributed by atoms with Gasteiger partial charge in [-0.25, -0.2) is 8.42 Å². The third-order valence-electron chi connectivity index (χ3n) is 3.60. The molecule has 0 aromatic heterocycles. The zero-order valence-electron chi connectivity index (χ0n) is 11.6. The van der Waals surface area contributed by atoms with E-state index in [0.717, 1.165) is 6.29 Å². The minimum Gasteiger partial charge on any atom is -0.303 e. The summed E-state index contributed by atoms with van der Waals surface area (Å²) in [6, 6.07) is 4.17. The number of carbonyl (C=O) groups excluding carboxylic acids is 1. The lowest BCUT2D eigenvalue weighted by molar-refractivity contribution is -0.387. The standard InChI is InChI=1S/C13H16N2O5S/c1-10-4-2-6-12(15(17)18)13(10)21(19,20)14-7-3-5-11(8-14)9-16/h2,4,6,9,11H,3,5,7-8H2,1H3. The van der Waals surface area contributed by atoms with Crippen LogP contribution in [0.1, 0.15) is 18.4 Å². The Balaban J connectivity index is 2.49. The number of aryl methyl sites for hydroxylation is 1. The molecule has 1 fully saturated rings. The van der Waals surface area contributed by atoms with Crippen molar-refractivity contribution in [3.63, 3.8) is 0 Å². The summed E-state index contributed by atoms with van der Waals surface area (Å²) in [6.45, 7) is 1.89. The molecule has 0 N–H and O–H groups in total. The second-order valence-corrected chi connectivity index (χ2v) is 6.96. The highest BCUT2D eigenvalue weighted by molar-refractivity contribution is 7.89. The first-order chi connectivity index (χ1) is 9.87. The average molecular weight is 312 g/mol. The fourth-order valence-corrected chi connectivity index (χ4v) is 4.45. The van der Waals surface area contributed by atoms with E-state index in [1.54, 1.807) is 0 Å². The Morgan fingerprint density at radius 2 is 2.14 bits per heavy atom. The molecule has 1 aliphatic heterocycles. The minimum absolute atomic E-state index is 0.0807. The molecule has 1 aromatic rings. The second-order valence-electron chi connectivity index (χ2n) is 5.08. The van der Waals surface area contributed by atoms with E-state index in [4.69, 9.17) is 0 Å². The Morgan fingerprint density at radius 1 is 1.43 bits per heavy atom. The molecule has 0 aliphatic carbocycles. The topological polar surface area (TPSA) is 97.6 Å². The lowest BCUT2D eigenvalue weighted by atomic mass is 10.0. The maximum absolute atomic E-state index is 12.7. The Hall–Kier alpha value is -1.80. The van der Waals surface area contributed by atoms with Gasteiger partial charge in [-0.1, -0.05) is 12.1 Å². The molecule has 8 heteroatoms. The van der Waals surface area contributed by atoms with Gasteiger partial charge in [0.15, 0.2) is 4.90 Å². The van der Waals surface area contributed by atoms with Crippen LogP contribution in [0.4, 0.5) is 5.69 Å². The summed E-state index contributed by atoms with van der Waals surface area (Å²) in [4.78, 5) is 21.0. The van der Waals surface area contributed by atoms with Crippen LogP contribution < -0.4 is 0 Å². The minimum atomic E-state index is -3.98. The highest BCUT2D eigenvalue weighted by Crippen LogP contribution is 2.31. The lowest BCUT2D eigenvalue weighted by Crippen LogP contribution is -2.40. The van der Waals surface area contributed by atoms with Gasteiger partial charge in [0.25, 0.3) is 5.69 Å². The van der Waals surface area contributed by atoms with E-state index in [0.29, 0.717) is 18.4 Å². The number of rotatable bonds is 4. The van der Waals surface area contributed by atoms with Gasteiger partial charge in [-0.05, 0) is 25.3 Å². The van der Waals surface area contributed by atoms with Crippen LogP contribution in [-0.2, 0) is 14.8 Å². The molecule has 2 rings (SSSR count). The van der Waals surface area contributed by atoms with Crippen molar-refractivity contribution < 1.29 is 18.1 Å². The van der Waals surface area contributed by atoms with Crippen LogP contribution in [0.5, 0.6) is 0 Å². The summed E-state index contributed by atoms with van der Waals surface area (Å²) in [5, 5.41) is 11.1. The van der Waals surface area contributed by atoms with Gasteiger partial charge >= 0.3 is 0 Å². The largest absolute Gasteiger partial charge is 0.303 e. The monoisotopic (exact) mass is 312 g/mol. The molecule has 7 nitrogen and oxygen atoms in total. The van der Waals surface area contributed by atoms with E-state index >= 15 is 0 Å². The summed E-state index contributed by atoms with van der Waals surface area (Å²) in [5.41, 5.74) is -0.0966. The number of benzene rings is 1. The molecule has 1 aromatic carbocycles. The molecule has 0 amide bonds. The number of aldehydes is 1. The van der Waals surface area contributed by atoms with Crippen molar-refractivity contribution >= 4 is 22.0 Å². The third kappa shape index (κ3) is 2.96. The van der Waals surface area contributed by atoms with Crippen molar-refractivity contribution in [2.45, 2.75) is 24.7 Å². The number of nitrogens with zero attached hydrogens (tertiary/aromatic N) is 2. The van der Waals surface area contributed by atoms with Crippen LogP contribution in [-0.4, -0.2) is 37.0 Å². The van der Waals surface area contributed by atoms with Gasteiger partial charge < -0.3 is 4.79 Å². The van der Waals surface area contributed by atoms with Crippen LogP contribution in [0, 0.1) is 23.0 Å². The van der Waals surface area contributed by atoms with Gasteiger partial charge in [0.05, 0.1) is 4.92 Å². The fourth-order valence-electron chi connectivity index (χ4n) is 2.55. The first-order valence-corrected chi connectivity index (χ1v) is 8.01. The van der Waals surface area contributed by atoms with Crippen molar-refractivity contribution in [3.05, 3.63) is 33.9 Å². The molecule has 1 heterocycles. The average Bonchev–Trinajstić information content (AvgIpc) is 2.46. The maximum Gasteiger partial charge on any atom is 0.289 e. The molecule has 1 saturated heterocycles. The van der Waals surface area contributed by atoms with E-state index < -0.39 is 20.6 Å². The first kappa shape index (κ1) is 15.6. The van der Waals surface area contributed by atoms with Crippen molar-refractivity contribution in [2.24, 2.45) is 5.92 Å². The predicted octanol–water partition coefficient (Wildman–Crippen LogP) is 1.50. The number of hydrogen-bond acceptors (Lipinski definition) is 5. The van der Waals surface area contributed by atoms with Gasteiger partial charge in [-0.3, -0.25) is 10.1 Å². The number of carbonyl (C=O) groups is 1. The molecular formula is C13H16N2O5S. The number of sulfonamides is 1. The number of nitro groups is 1. The highest BCUT2D eigenvalue weighted by atomic mass is 32.2. The Morgan fingerprint density at radius 3 is 2.76 bits per heavy atom. The van der Waals surface area contributed by atoms with E-state index in [1.165, 1.54) is 29.4 Å². The molecular weight excluding hydrogens is 296 g/mol. The van der Waals surface area contributed by atoms with Gasteiger partial charge in [-0.2, -0.15) is 4.31 Å². The van der Waals surface area contributed by atoms with Gasteiger partial charge in [-0.15, -0.1) is 0 Å². The molecule has 21 heavy (non-hydrogen) atoms. The molecule has 1 unspecified atom stereocenters. The zero-order chi connectivity index (χ0) is 15.6. The van der Waals surface area contributed by atoms with Crippen molar-refractivity contribution in [1.29, 1.82) is 0 Å². The van der Waals surface area contributed by atoms with Crippen molar-refractivity contribution in [3.8, 4) is 0 Å². The van der Waals surface area contributed by atoms with Crippen LogP contribution >= 0.6 is 0 Å². The van der Waals surface area contributed by atoms with E-state index in [2.05, 4.69) is 0 Å². The summed E-state index contributed by atoms with van der Waals surface area (Å²) in [7, 11) is -3.98. The molecule has 0 radical (unpaired) electrons. The lowest BCUT2D eigenvalue weighted by Gasteiger charge is -2.29. The highest BCUT2D eigenvalue weighted by Gasteiger charge is 2.35. The number of hydrogen-bond donors (Lipinski definition) is 0. The molecule has 0 bridgehead atoms. The van der Waals surface area contributed by atoms with E-state index in [1.807, 2.05) is 0 Å². The van der Waals surface area contributed by atoms with Crippen molar-refractivity contribution in [1.82, 2.24) is 4.31 Å². The summed E-state index contributed by atoms with van der Waals surface area (Å²) >= 11 is 0. The van der Waals surface area contributed by atoms with Crippen LogP contribution in [0.3, 0.4) is 0 Å². The first-order valence-electron chi connectivity index (χ1n) is 6.57. The summed E-state index contributed by atoms with van der Waals surface area (Å²) in [5.74, 6) is -0.350. The zero-order valence-corrected chi connectivity index (χ0v) is 12.4. The molecule has 0 saturated carbocycles. The number of piperidine rings is 1. The van der Waals surface area contributed by atoms with Gasteiger partial charge in [0.1, 0.15) is 6.29 Å². The number of nitro benzene ring substituents is 1. The van der Waals surface area contributed by atoms with Crippen LogP contribution in [0.15, 0.2) is 23.1 Å². The quantitative estimate of drug-likeness (QED) is 0.477. The van der Waals surface area contributed by atoms with Gasteiger partial charge in [0, 0.05) is 25.1 Å². The molecule has 114 valence electrons. The maximum atomic E-state index is 12.7. The third-order valence-corrected chi connectivity index (χ3v) is 5.66. The Bertz CT molecular complexity index is 671.